The van der Waals surface area contributed by atoms with Crippen LogP contribution in [0, 0.1) is 11.7 Å². The molecule has 0 bridgehead atoms. The van der Waals surface area contributed by atoms with E-state index in [-0.39, 0.29) is 29.8 Å². The second-order valence-corrected chi connectivity index (χ2v) is 7.82. The first-order valence-corrected chi connectivity index (χ1v) is 9.65. The van der Waals surface area contributed by atoms with Crippen LogP contribution in [0.4, 0.5) is 4.39 Å². The Kier molecular flexibility index (Phi) is 6.70. The number of rotatable bonds is 7. The van der Waals surface area contributed by atoms with Gasteiger partial charge in [-0.15, -0.1) is 0 Å². The lowest BCUT2D eigenvalue weighted by molar-refractivity contribution is -0.122. The third-order valence-electron chi connectivity index (χ3n) is 4.33. The third-order valence-corrected chi connectivity index (χ3v) is 5.80. The molecule has 4 N–H and O–H groups in total. The van der Waals surface area contributed by atoms with Gasteiger partial charge < -0.3 is 11.1 Å². The largest absolute Gasteiger partial charge is 0.353 e. The topological polar surface area (TPSA) is 101 Å². The van der Waals surface area contributed by atoms with Crippen LogP contribution in [-0.4, -0.2) is 33.5 Å². The van der Waals surface area contributed by atoms with Crippen molar-refractivity contribution in [3.8, 4) is 0 Å². The standard InChI is InChI=1S/C16H24FN3O3S/c17-13-5-7-14(8-6-13)24(22,23)19-10-9-16(21)20-15-4-2-1-3-12(15)11-18/h5-8,12,15,19H,1-4,9-11,18H2,(H,20,21). The van der Waals surface area contributed by atoms with Crippen LogP contribution in [0.3, 0.4) is 0 Å². The molecule has 1 aliphatic carbocycles. The number of benzene rings is 1. The molecule has 0 spiro atoms. The van der Waals surface area contributed by atoms with E-state index in [9.17, 15) is 17.6 Å². The number of hydrogen-bond donors (Lipinski definition) is 3. The molecular formula is C16H24FN3O3S. The molecule has 1 fully saturated rings. The van der Waals surface area contributed by atoms with E-state index in [0.717, 1.165) is 37.8 Å². The Labute approximate surface area is 142 Å². The Balaban J connectivity index is 1.80. The summed E-state index contributed by atoms with van der Waals surface area (Å²) in [7, 11) is -3.74. The van der Waals surface area contributed by atoms with Gasteiger partial charge in [0.2, 0.25) is 15.9 Å². The highest BCUT2D eigenvalue weighted by Gasteiger charge is 2.25. The molecule has 24 heavy (non-hydrogen) atoms. The van der Waals surface area contributed by atoms with Gasteiger partial charge in [0.1, 0.15) is 5.82 Å². The van der Waals surface area contributed by atoms with Crippen molar-refractivity contribution in [2.24, 2.45) is 11.7 Å². The van der Waals surface area contributed by atoms with Gasteiger partial charge in [-0.05, 0) is 49.6 Å². The van der Waals surface area contributed by atoms with Crippen molar-refractivity contribution >= 4 is 15.9 Å². The van der Waals surface area contributed by atoms with E-state index in [1.807, 2.05) is 0 Å². The van der Waals surface area contributed by atoms with Gasteiger partial charge in [0, 0.05) is 19.0 Å². The first-order chi connectivity index (χ1) is 11.4. The monoisotopic (exact) mass is 357 g/mol. The van der Waals surface area contributed by atoms with Crippen molar-refractivity contribution in [2.75, 3.05) is 13.1 Å². The molecule has 2 unspecified atom stereocenters. The highest BCUT2D eigenvalue weighted by Crippen LogP contribution is 2.23. The Hall–Kier alpha value is -1.51. The summed E-state index contributed by atoms with van der Waals surface area (Å²) in [5.74, 6) is -0.406. The quantitative estimate of drug-likeness (QED) is 0.681. The van der Waals surface area contributed by atoms with Crippen LogP contribution in [0.25, 0.3) is 0 Å². The molecule has 1 aromatic rings. The van der Waals surface area contributed by atoms with Crippen molar-refractivity contribution in [1.29, 1.82) is 0 Å². The summed E-state index contributed by atoms with van der Waals surface area (Å²) in [4.78, 5) is 12.0. The Bertz CT molecular complexity index is 649. The van der Waals surface area contributed by atoms with E-state index in [1.54, 1.807) is 0 Å². The molecule has 8 heteroatoms. The van der Waals surface area contributed by atoms with Crippen LogP contribution < -0.4 is 15.8 Å². The average molecular weight is 357 g/mol. The second kappa shape index (κ2) is 8.55. The van der Waals surface area contributed by atoms with Crippen LogP contribution in [0.2, 0.25) is 0 Å². The van der Waals surface area contributed by atoms with Crippen LogP contribution in [0.15, 0.2) is 29.2 Å². The molecule has 0 saturated heterocycles. The Morgan fingerprint density at radius 2 is 1.88 bits per heavy atom. The predicted molar refractivity (Wildman–Crippen MR) is 89.1 cm³/mol. The number of nitrogens with one attached hydrogen (secondary N) is 2. The molecular weight excluding hydrogens is 333 g/mol. The van der Waals surface area contributed by atoms with Crippen molar-refractivity contribution in [3.05, 3.63) is 30.1 Å². The van der Waals surface area contributed by atoms with E-state index in [1.165, 1.54) is 12.1 Å². The van der Waals surface area contributed by atoms with Crippen LogP contribution in [0.5, 0.6) is 0 Å². The van der Waals surface area contributed by atoms with Crippen molar-refractivity contribution in [1.82, 2.24) is 10.0 Å². The molecule has 1 aliphatic rings. The summed E-state index contributed by atoms with van der Waals surface area (Å²) in [5.41, 5.74) is 5.73. The first kappa shape index (κ1) is 18.8. The van der Waals surface area contributed by atoms with E-state index in [0.29, 0.717) is 12.5 Å². The summed E-state index contributed by atoms with van der Waals surface area (Å²) >= 11 is 0. The van der Waals surface area contributed by atoms with Crippen LogP contribution in [0.1, 0.15) is 32.1 Å². The fraction of sp³-hybridized carbons (Fsp3) is 0.562. The molecule has 1 amide bonds. The SMILES string of the molecule is NCC1CCCCC1NC(=O)CCNS(=O)(=O)c1ccc(F)cc1. The van der Waals surface area contributed by atoms with Crippen LogP contribution >= 0.6 is 0 Å². The van der Waals surface area contributed by atoms with Crippen molar-refractivity contribution in [3.63, 3.8) is 0 Å². The molecule has 1 aromatic carbocycles. The van der Waals surface area contributed by atoms with E-state index >= 15 is 0 Å². The molecule has 6 nitrogen and oxygen atoms in total. The average Bonchev–Trinajstić information content (AvgIpc) is 2.55. The zero-order chi connectivity index (χ0) is 17.6. The van der Waals surface area contributed by atoms with Crippen molar-refractivity contribution in [2.45, 2.75) is 43.0 Å². The number of amides is 1. The number of carbonyl (C=O) groups is 1. The molecule has 2 rings (SSSR count). The normalized spacial score (nSPS) is 21.4. The second-order valence-electron chi connectivity index (χ2n) is 6.06. The van der Waals surface area contributed by atoms with Gasteiger partial charge in [-0.25, -0.2) is 17.5 Å². The Morgan fingerprint density at radius 3 is 2.54 bits per heavy atom. The lowest BCUT2D eigenvalue weighted by atomic mass is 9.84. The molecule has 0 aliphatic heterocycles. The van der Waals surface area contributed by atoms with E-state index < -0.39 is 15.8 Å². The predicted octanol–water partition coefficient (Wildman–Crippen LogP) is 1.13. The van der Waals surface area contributed by atoms with Crippen molar-refractivity contribution < 1.29 is 17.6 Å². The van der Waals surface area contributed by atoms with Gasteiger partial charge in [-0.2, -0.15) is 0 Å². The maximum absolute atomic E-state index is 12.8. The number of carbonyl (C=O) groups excluding carboxylic acids is 1. The molecule has 2 atom stereocenters. The van der Waals surface area contributed by atoms with Gasteiger partial charge >= 0.3 is 0 Å². The third kappa shape index (κ3) is 5.25. The highest BCUT2D eigenvalue weighted by molar-refractivity contribution is 7.89. The fourth-order valence-electron chi connectivity index (χ4n) is 2.95. The minimum atomic E-state index is -3.74. The number of sulfonamides is 1. The molecule has 0 radical (unpaired) electrons. The van der Waals surface area contributed by atoms with Gasteiger partial charge in [0.25, 0.3) is 0 Å². The number of halogens is 1. The Morgan fingerprint density at radius 1 is 1.21 bits per heavy atom. The summed E-state index contributed by atoms with van der Waals surface area (Å²) < 4.78 is 39.3. The molecule has 1 saturated carbocycles. The number of hydrogen-bond acceptors (Lipinski definition) is 4. The summed E-state index contributed by atoms with van der Waals surface area (Å²) in [6.07, 6.45) is 4.17. The minimum absolute atomic E-state index is 0.00838. The molecule has 134 valence electrons. The fourth-order valence-corrected chi connectivity index (χ4v) is 3.99. The van der Waals surface area contributed by atoms with Crippen LogP contribution in [-0.2, 0) is 14.8 Å². The molecule has 0 heterocycles. The lowest BCUT2D eigenvalue weighted by Crippen LogP contribution is -2.45. The lowest BCUT2D eigenvalue weighted by Gasteiger charge is -2.31. The van der Waals surface area contributed by atoms with Gasteiger partial charge in [0.05, 0.1) is 4.90 Å². The van der Waals surface area contributed by atoms with Gasteiger partial charge in [0.15, 0.2) is 0 Å². The minimum Gasteiger partial charge on any atom is -0.353 e. The molecule has 0 aromatic heterocycles. The van der Waals surface area contributed by atoms with Gasteiger partial charge in [-0.3, -0.25) is 4.79 Å². The zero-order valence-electron chi connectivity index (χ0n) is 13.5. The van der Waals surface area contributed by atoms with Gasteiger partial charge in [-0.1, -0.05) is 12.8 Å². The van der Waals surface area contributed by atoms with E-state index in [2.05, 4.69) is 10.0 Å². The van der Waals surface area contributed by atoms with E-state index in [4.69, 9.17) is 5.73 Å². The smallest absolute Gasteiger partial charge is 0.240 e. The maximum atomic E-state index is 12.8. The zero-order valence-corrected chi connectivity index (χ0v) is 14.3. The summed E-state index contributed by atoms with van der Waals surface area (Å²) in [5, 5.41) is 2.95. The summed E-state index contributed by atoms with van der Waals surface area (Å²) in [6.45, 7) is 0.535. The maximum Gasteiger partial charge on any atom is 0.240 e. The highest BCUT2D eigenvalue weighted by atomic mass is 32.2. The first-order valence-electron chi connectivity index (χ1n) is 8.17. The summed E-state index contributed by atoms with van der Waals surface area (Å²) in [6, 6.07) is 4.61. The number of nitrogens with two attached hydrogens (primary N) is 1.